The zero-order valence-corrected chi connectivity index (χ0v) is 39.6. The van der Waals surface area contributed by atoms with E-state index < -0.39 is 15.8 Å². The fourth-order valence-electron chi connectivity index (χ4n) is 7.79. The quantitative estimate of drug-likeness (QED) is 0.0512. The molecule has 0 unspecified atom stereocenters. The van der Waals surface area contributed by atoms with Gasteiger partial charge in [-0.15, -0.1) is 23.3 Å². The van der Waals surface area contributed by atoms with Crippen LogP contribution in [0.3, 0.4) is 0 Å². The van der Waals surface area contributed by atoms with Crippen LogP contribution in [-0.2, 0) is 44.8 Å². The van der Waals surface area contributed by atoms with Gasteiger partial charge in [0.15, 0.2) is 5.90 Å². The van der Waals surface area contributed by atoms with Crippen molar-refractivity contribution in [3.63, 3.8) is 0 Å². The van der Waals surface area contributed by atoms with Gasteiger partial charge in [-0.25, -0.2) is 0 Å². The van der Waals surface area contributed by atoms with Crippen molar-refractivity contribution in [2.24, 2.45) is 0 Å². The molecule has 0 fully saturated rings. The molecule has 4 heteroatoms. The van der Waals surface area contributed by atoms with Crippen molar-refractivity contribution in [1.29, 1.82) is 0 Å². The summed E-state index contributed by atoms with van der Waals surface area (Å²) in [5, 5.41) is 15.4. The molecule has 300 valence electrons. The molecule has 0 bridgehead atoms. The molecule has 0 N–H and O–H groups in total. The van der Waals surface area contributed by atoms with E-state index in [4.69, 9.17) is 12.8 Å². The van der Waals surface area contributed by atoms with Crippen LogP contribution in [0.2, 0.25) is 0 Å². The van der Waals surface area contributed by atoms with Gasteiger partial charge in [-0.2, -0.15) is 0 Å². The SMILES string of the molecule is [Au+].[Au+].[C-]#Cc1cc2ccccc2c2ccccc12.[C-]#Cc1cc2ccccc2c2ccccc12.c1ccc([PH+](C[PH+](c2ccccc2)c2ccccc2)c2ccccc2)cc1. The third kappa shape index (κ3) is 10.8. The van der Waals surface area contributed by atoms with Gasteiger partial charge in [0.25, 0.3) is 0 Å². The van der Waals surface area contributed by atoms with E-state index in [1.807, 2.05) is 72.8 Å². The molecule has 0 spiro atoms. The largest absolute Gasteiger partial charge is 1.00 e. The predicted molar refractivity (Wildman–Crippen MR) is 261 cm³/mol. The first kappa shape index (κ1) is 45.2. The van der Waals surface area contributed by atoms with Gasteiger partial charge in [0.05, 0.1) is 0 Å². The normalized spacial score (nSPS) is 10.4. The standard InChI is InChI=1S/C25H22P2.2C16H9.2Au/c1-5-13-22(14-6-1)26(23-15-7-2-8-16-23)21-27(24-17-9-3-10-18-24)25-19-11-4-12-20-25;2*1-2-12-11-13-7-3-4-9-15(13)16-10-6-5-8-14(12)16;;/h1-20H,21H2;2*3-11H;;/q;2*-1;2*+1/p+2. The van der Waals surface area contributed by atoms with Crippen LogP contribution >= 0.6 is 15.8 Å². The molecule has 0 aromatic heterocycles. The van der Waals surface area contributed by atoms with Crippen molar-refractivity contribution >= 4 is 80.2 Å². The van der Waals surface area contributed by atoms with Crippen LogP contribution in [-0.4, -0.2) is 5.90 Å². The van der Waals surface area contributed by atoms with Crippen molar-refractivity contribution in [2.45, 2.75) is 0 Å². The van der Waals surface area contributed by atoms with E-state index in [0.29, 0.717) is 0 Å². The molecule has 0 heterocycles. The predicted octanol–water partition coefficient (Wildman–Crippen LogP) is 12.5. The van der Waals surface area contributed by atoms with Crippen LogP contribution in [0.25, 0.3) is 43.1 Å². The first-order valence-electron chi connectivity index (χ1n) is 19.8. The Morgan fingerprint density at radius 3 is 0.836 bits per heavy atom. The van der Waals surface area contributed by atoms with Gasteiger partial charge in [-0.3, -0.25) is 11.8 Å². The third-order valence-corrected chi connectivity index (χ3v) is 17.6. The van der Waals surface area contributed by atoms with Crippen LogP contribution in [0.15, 0.2) is 231 Å². The maximum absolute atomic E-state index is 7.35. The van der Waals surface area contributed by atoms with E-state index in [0.717, 1.165) is 32.7 Å². The summed E-state index contributed by atoms with van der Waals surface area (Å²) in [4.78, 5) is 0. The second-order valence-electron chi connectivity index (χ2n) is 14.2. The number of hydrogen-bond acceptors (Lipinski definition) is 0. The minimum atomic E-state index is -0.847. The Labute approximate surface area is 394 Å². The third-order valence-electron chi connectivity index (χ3n) is 10.6. The second kappa shape index (κ2) is 22.5. The van der Waals surface area contributed by atoms with Crippen molar-refractivity contribution in [3.8, 4) is 11.8 Å². The molecule has 0 atom stereocenters. The van der Waals surface area contributed by atoms with Crippen molar-refractivity contribution in [1.82, 2.24) is 0 Å². The van der Waals surface area contributed by atoms with E-state index in [2.05, 4.69) is 170 Å². The van der Waals surface area contributed by atoms with Gasteiger partial charge in [0.1, 0.15) is 37.1 Å². The van der Waals surface area contributed by atoms with E-state index in [-0.39, 0.29) is 44.8 Å². The minimum Gasteiger partial charge on any atom is -0.366 e. The number of fused-ring (bicyclic) bond motifs is 6. The summed E-state index contributed by atoms with van der Waals surface area (Å²) in [6.45, 7) is 0. The zero-order chi connectivity index (χ0) is 40.2. The molecular formula is C57H42Au2P2+2. The fourth-order valence-corrected chi connectivity index (χ4v) is 15.5. The Morgan fingerprint density at radius 2 is 0.541 bits per heavy atom. The Balaban J connectivity index is 0.000000159. The maximum atomic E-state index is 7.35. The fraction of sp³-hybridized carbons (Fsp3) is 0.0175. The van der Waals surface area contributed by atoms with Crippen LogP contribution in [0, 0.1) is 24.7 Å². The van der Waals surface area contributed by atoms with Crippen LogP contribution in [0.4, 0.5) is 0 Å². The van der Waals surface area contributed by atoms with Gasteiger partial charge in [0.2, 0.25) is 0 Å². The molecular weight excluding hydrogens is 1140 g/mol. The molecule has 0 aliphatic rings. The zero-order valence-electron chi connectivity index (χ0n) is 33.2. The number of hydrogen-bond donors (Lipinski definition) is 0. The average molecular weight is 1180 g/mol. The van der Waals surface area contributed by atoms with Gasteiger partial charge in [-0.1, -0.05) is 181 Å². The summed E-state index contributed by atoms with van der Waals surface area (Å²) < 4.78 is 0. The molecule has 0 aliphatic carbocycles. The summed E-state index contributed by atoms with van der Waals surface area (Å²) in [5.74, 6) is 6.27. The van der Waals surface area contributed by atoms with Gasteiger partial charge >= 0.3 is 44.8 Å². The van der Waals surface area contributed by atoms with Crippen molar-refractivity contribution in [2.75, 3.05) is 5.90 Å². The Hall–Kier alpha value is -5.30. The molecule has 10 aromatic rings. The molecule has 10 rings (SSSR count). The van der Waals surface area contributed by atoms with Crippen LogP contribution in [0.1, 0.15) is 11.1 Å². The topological polar surface area (TPSA) is 0 Å². The Kier molecular flexibility index (Phi) is 16.7. The molecule has 61 heavy (non-hydrogen) atoms. The monoisotopic (exact) mass is 1180 g/mol. The Bertz CT molecular complexity index is 2760. The molecule has 0 amide bonds. The van der Waals surface area contributed by atoms with Crippen LogP contribution < -0.4 is 21.2 Å². The van der Waals surface area contributed by atoms with Gasteiger partial charge in [0, 0.05) is 0 Å². The van der Waals surface area contributed by atoms with Crippen molar-refractivity contribution in [3.05, 3.63) is 254 Å². The summed E-state index contributed by atoms with van der Waals surface area (Å²) in [7, 11) is -1.69. The number of rotatable bonds is 6. The smallest absolute Gasteiger partial charge is 0.366 e. The molecule has 0 radical (unpaired) electrons. The summed E-state index contributed by atoms with van der Waals surface area (Å²) >= 11 is 0. The minimum absolute atomic E-state index is 0. The van der Waals surface area contributed by atoms with E-state index in [9.17, 15) is 0 Å². The molecule has 0 aliphatic heterocycles. The van der Waals surface area contributed by atoms with Crippen molar-refractivity contribution < 1.29 is 44.8 Å². The molecule has 10 aromatic carbocycles. The van der Waals surface area contributed by atoms with E-state index >= 15 is 0 Å². The molecule has 0 saturated carbocycles. The van der Waals surface area contributed by atoms with E-state index in [1.165, 1.54) is 48.7 Å². The average Bonchev–Trinajstić information content (AvgIpc) is 3.33. The summed E-state index contributed by atoms with van der Waals surface area (Å²) in [6.07, 6.45) is 14.7. The van der Waals surface area contributed by atoms with E-state index in [1.54, 1.807) is 0 Å². The van der Waals surface area contributed by atoms with Crippen LogP contribution in [0.5, 0.6) is 0 Å². The second-order valence-corrected chi connectivity index (χ2v) is 19.9. The first-order chi connectivity index (χ1) is 29.2. The molecule has 0 saturated heterocycles. The summed E-state index contributed by atoms with van der Waals surface area (Å²) in [6, 6.07) is 81.3. The molecule has 0 nitrogen and oxygen atoms in total. The maximum Gasteiger partial charge on any atom is 1.00 e. The van der Waals surface area contributed by atoms with Gasteiger partial charge in [-0.05, 0) is 80.8 Å². The van der Waals surface area contributed by atoms with Gasteiger partial charge < -0.3 is 12.8 Å². The summed E-state index contributed by atoms with van der Waals surface area (Å²) in [5.41, 5.74) is 1.71. The Morgan fingerprint density at radius 1 is 0.295 bits per heavy atom. The number of benzene rings is 10. The first-order valence-corrected chi connectivity index (χ1v) is 23.2.